The highest BCUT2D eigenvalue weighted by Crippen LogP contribution is 2.57. The minimum Gasteiger partial charge on any atom is -0.390 e. The molecule has 5 rings (SSSR count). The maximum atomic E-state index is 12.7. The zero-order chi connectivity index (χ0) is 23.2. The van der Waals surface area contributed by atoms with Gasteiger partial charge >= 0.3 is 6.18 Å². The van der Waals surface area contributed by atoms with Gasteiger partial charge in [-0.2, -0.15) is 13.2 Å². The Hall–Kier alpha value is -2.04. The van der Waals surface area contributed by atoms with E-state index in [2.05, 4.69) is 16.0 Å². The number of rotatable bonds is 2. The second kappa shape index (κ2) is 8.72. The van der Waals surface area contributed by atoms with Crippen LogP contribution in [0.15, 0.2) is 29.8 Å². The summed E-state index contributed by atoms with van der Waals surface area (Å²) in [5, 5.41) is 19.7. The third-order valence-corrected chi connectivity index (χ3v) is 7.09. The fraction of sp³-hybridized carbons (Fsp3) is 0.636. The van der Waals surface area contributed by atoms with E-state index < -0.39 is 36.1 Å². The molecule has 2 bridgehead atoms. The van der Waals surface area contributed by atoms with E-state index in [1.165, 1.54) is 19.3 Å². The first-order valence-electron chi connectivity index (χ1n) is 10.7. The van der Waals surface area contributed by atoms with Crippen molar-refractivity contribution in [2.45, 2.75) is 63.2 Å². The van der Waals surface area contributed by atoms with Crippen LogP contribution in [-0.2, 0) is 15.7 Å². The molecule has 176 valence electrons. The highest BCUT2D eigenvalue weighted by Gasteiger charge is 2.55. The maximum absolute atomic E-state index is 12.7. The number of aromatic nitrogens is 1. The molecule has 3 fully saturated rings. The van der Waals surface area contributed by atoms with Crippen molar-refractivity contribution >= 4 is 5.78 Å². The molecule has 2 N–H and O–H groups in total. The Morgan fingerprint density at radius 1 is 1.16 bits per heavy atom. The Morgan fingerprint density at radius 2 is 1.88 bits per heavy atom. The molecule has 3 aliphatic carbocycles. The summed E-state index contributed by atoms with van der Waals surface area (Å²) in [5.41, 5.74) is -0.410. The average molecular weight is 459 g/mol. The topological polar surface area (TPSA) is 88.9 Å². The summed E-state index contributed by atoms with van der Waals surface area (Å²) in [5.74, 6) is 1.41. The van der Waals surface area contributed by atoms with E-state index in [1.807, 2.05) is 0 Å². The van der Waals surface area contributed by atoms with Gasteiger partial charge in [0.05, 0.1) is 18.3 Å². The molecule has 1 aliphatic heterocycles. The van der Waals surface area contributed by atoms with Gasteiger partial charge in [-0.3, -0.25) is 9.74 Å². The molecule has 2 saturated carbocycles. The molecular formula is C22H25F4NO5. The van der Waals surface area contributed by atoms with E-state index in [1.54, 1.807) is 6.92 Å². The SMILES string of the molecule is CC1OC(C2=CC3C4CCC(C4)C3C2=O)CC(O)C1O.FOc1cccc(C(F)(F)F)n1. The van der Waals surface area contributed by atoms with Crippen LogP contribution in [0, 0.1) is 23.7 Å². The molecule has 1 aromatic rings. The van der Waals surface area contributed by atoms with E-state index in [4.69, 9.17) is 4.74 Å². The summed E-state index contributed by atoms with van der Waals surface area (Å²) < 4.78 is 52.7. The molecule has 2 heterocycles. The van der Waals surface area contributed by atoms with Crippen molar-refractivity contribution in [3.05, 3.63) is 35.5 Å². The number of allylic oxidation sites excluding steroid dienone is 1. The van der Waals surface area contributed by atoms with Crippen molar-refractivity contribution in [1.29, 1.82) is 0 Å². The lowest BCUT2D eigenvalue weighted by molar-refractivity contribution is -0.154. The van der Waals surface area contributed by atoms with Gasteiger partial charge in [0.15, 0.2) is 5.78 Å². The lowest BCUT2D eigenvalue weighted by Crippen LogP contribution is -2.48. The van der Waals surface area contributed by atoms with Gasteiger partial charge in [0.1, 0.15) is 11.8 Å². The molecule has 32 heavy (non-hydrogen) atoms. The summed E-state index contributed by atoms with van der Waals surface area (Å²) in [7, 11) is 0. The second-order valence-corrected chi connectivity index (χ2v) is 8.98. The third-order valence-electron chi connectivity index (χ3n) is 7.09. The standard InChI is InChI=1S/C16H22O4.C6H3F4NO/c1-7-15(18)12(17)6-13(20-7)11-5-10-8-2-3-9(4-8)14(10)16(11)19;7-6(8,9)4-2-1-3-5(11-4)12-10/h5,7-10,12-15,17-18H,2-4,6H2,1H3;1-3H. The van der Waals surface area contributed by atoms with Gasteiger partial charge < -0.3 is 14.9 Å². The second-order valence-electron chi connectivity index (χ2n) is 8.98. The van der Waals surface area contributed by atoms with Gasteiger partial charge in [-0.1, -0.05) is 12.1 Å². The van der Waals surface area contributed by atoms with Crippen molar-refractivity contribution < 1.29 is 42.4 Å². The Bertz CT molecular complexity index is 879. The Balaban J connectivity index is 0.000000176. The number of aliphatic hydroxyl groups excluding tert-OH is 2. The van der Waals surface area contributed by atoms with Crippen molar-refractivity contribution in [3.8, 4) is 5.88 Å². The number of carbonyl (C=O) groups excluding carboxylic acids is 1. The average Bonchev–Trinajstić information content (AvgIpc) is 3.45. The van der Waals surface area contributed by atoms with E-state index in [0.29, 0.717) is 24.2 Å². The van der Waals surface area contributed by atoms with Gasteiger partial charge in [-0.05, 0) is 50.0 Å². The number of nitrogens with zero attached hydrogens (tertiary/aromatic N) is 1. The van der Waals surface area contributed by atoms with E-state index in [0.717, 1.165) is 23.8 Å². The van der Waals surface area contributed by atoms with Gasteiger partial charge in [0.25, 0.3) is 5.88 Å². The van der Waals surface area contributed by atoms with Gasteiger partial charge in [0.2, 0.25) is 0 Å². The monoisotopic (exact) mass is 459 g/mol. The summed E-state index contributed by atoms with van der Waals surface area (Å²) in [4.78, 5) is 18.6. The minimum atomic E-state index is -4.57. The van der Waals surface area contributed by atoms with Crippen LogP contribution in [0.2, 0.25) is 0 Å². The van der Waals surface area contributed by atoms with Crippen LogP contribution >= 0.6 is 0 Å². The fourth-order valence-corrected chi connectivity index (χ4v) is 5.60. The third kappa shape index (κ3) is 4.27. The zero-order valence-corrected chi connectivity index (χ0v) is 17.3. The largest absolute Gasteiger partial charge is 0.433 e. The fourth-order valence-electron chi connectivity index (χ4n) is 5.60. The first-order chi connectivity index (χ1) is 15.1. The number of hydrogen-bond acceptors (Lipinski definition) is 6. The number of carbonyl (C=O) groups is 1. The van der Waals surface area contributed by atoms with Crippen molar-refractivity contribution in [2.24, 2.45) is 23.7 Å². The quantitative estimate of drug-likeness (QED) is 0.659. The van der Waals surface area contributed by atoms with Crippen LogP contribution in [-0.4, -0.2) is 45.4 Å². The number of fused-ring (bicyclic) bond motifs is 5. The number of aliphatic hydroxyl groups is 2. The zero-order valence-electron chi connectivity index (χ0n) is 17.3. The molecule has 8 atom stereocenters. The number of ether oxygens (including phenoxy) is 1. The van der Waals surface area contributed by atoms with E-state index >= 15 is 0 Å². The lowest BCUT2D eigenvalue weighted by Gasteiger charge is -2.36. The predicted molar refractivity (Wildman–Crippen MR) is 103 cm³/mol. The van der Waals surface area contributed by atoms with E-state index in [9.17, 15) is 32.7 Å². The molecular weight excluding hydrogens is 434 g/mol. The Kier molecular flexibility index (Phi) is 6.30. The van der Waals surface area contributed by atoms with Crippen LogP contribution in [0.1, 0.15) is 38.3 Å². The molecule has 1 saturated heterocycles. The predicted octanol–water partition coefficient (Wildman–Crippen LogP) is 3.42. The molecule has 0 amide bonds. The molecule has 10 heteroatoms. The molecule has 6 nitrogen and oxygen atoms in total. The van der Waals surface area contributed by atoms with Crippen molar-refractivity contribution in [1.82, 2.24) is 4.98 Å². The first-order valence-corrected chi connectivity index (χ1v) is 10.7. The van der Waals surface area contributed by atoms with Gasteiger partial charge in [-0.15, -0.1) is 0 Å². The Morgan fingerprint density at radius 3 is 2.50 bits per heavy atom. The molecule has 4 aliphatic rings. The number of alkyl halides is 3. The molecule has 0 spiro atoms. The highest BCUT2D eigenvalue weighted by molar-refractivity contribution is 6.01. The molecule has 0 radical (unpaired) electrons. The number of halogens is 4. The molecule has 1 aromatic heterocycles. The summed E-state index contributed by atoms with van der Waals surface area (Å²) in [6.07, 6.45) is -0.836. The smallest absolute Gasteiger partial charge is 0.390 e. The van der Waals surface area contributed by atoms with Crippen LogP contribution in [0.3, 0.4) is 0 Å². The van der Waals surface area contributed by atoms with Crippen LogP contribution in [0.4, 0.5) is 17.7 Å². The van der Waals surface area contributed by atoms with Crippen LogP contribution in [0.5, 0.6) is 5.88 Å². The van der Waals surface area contributed by atoms with Crippen LogP contribution < -0.4 is 4.94 Å². The number of ketones is 1. The first kappa shape index (κ1) is 23.1. The molecule has 8 unspecified atom stereocenters. The summed E-state index contributed by atoms with van der Waals surface area (Å²) in [6.45, 7) is 1.75. The number of hydrogen-bond donors (Lipinski definition) is 2. The minimum absolute atomic E-state index is 0.187. The van der Waals surface area contributed by atoms with Crippen molar-refractivity contribution in [2.75, 3.05) is 0 Å². The van der Waals surface area contributed by atoms with Crippen LogP contribution in [0.25, 0.3) is 0 Å². The maximum Gasteiger partial charge on any atom is 0.433 e. The Labute approximate surface area is 182 Å². The van der Waals surface area contributed by atoms with E-state index in [-0.39, 0.29) is 17.8 Å². The summed E-state index contributed by atoms with van der Waals surface area (Å²) >= 11 is 0. The normalized spacial score (nSPS) is 38.1. The summed E-state index contributed by atoms with van der Waals surface area (Å²) in [6, 6.07) is 2.71. The molecule has 0 aromatic carbocycles. The number of Topliss-reactive ketones (excluding diaryl/α,β-unsaturated/α-hetero) is 1. The number of pyridine rings is 1. The van der Waals surface area contributed by atoms with Gasteiger partial charge in [0, 0.05) is 28.5 Å². The van der Waals surface area contributed by atoms with Gasteiger partial charge in [-0.25, -0.2) is 4.98 Å². The van der Waals surface area contributed by atoms with Crippen molar-refractivity contribution in [3.63, 3.8) is 0 Å². The highest BCUT2D eigenvalue weighted by atomic mass is 19.4. The lowest BCUT2D eigenvalue weighted by atomic mass is 9.80.